The van der Waals surface area contributed by atoms with E-state index in [1.54, 1.807) is 0 Å². The maximum Gasteiger partial charge on any atom is 0.343 e. The maximum absolute atomic E-state index is 12.4. The van der Waals surface area contributed by atoms with Crippen LogP contribution in [0.5, 0.6) is 11.5 Å². The Hall–Kier alpha value is -2.03. The number of nitro benzene ring substituents is 1. The molecule has 2 aromatic rings. The van der Waals surface area contributed by atoms with Gasteiger partial charge in [-0.1, -0.05) is 23.2 Å². The Bertz CT molecular complexity index is 869. The van der Waals surface area contributed by atoms with Crippen LogP contribution in [0.1, 0.15) is 0 Å². The standard InChI is InChI=1S/C13H9Cl2NO6S/c1-21-12-5-3-9(16(17)18)7-13(12)23(19,20)22-11-4-2-8(14)6-10(11)15/h2-7H,1H3. The zero-order valence-electron chi connectivity index (χ0n) is 11.5. The number of benzene rings is 2. The fourth-order valence-corrected chi connectivity index (χ4v) is 3.31. The van der Waals surface area contributed by atoms with Crippen LogP contribution in [0.4, 0.5) is 5.69 Å². The highest BCUT2D eigenvalue weighted by Crippen LogP contribution is 2.33. The van der Waals surface area contributed by atoms with Gasteiger partial charge in [-0.25, -0.2) is 0 Å². The van der Waals surface area contributed by atoms with Crippen molar-refractivity contribution >= 4 is 39.0 Å². The first-order valence-corrected chi connectivity index (χ1v) is 8.13. The van der Waals surface area contributed by atoms with Gasteiger partial charge in [-0.15, -0.1) is 0 Å². The molecule has 10 heteroatoms. The molecule has 0 radical (unpaired) electrons. The summed E-state index contributed by atoms with van der Waals surface area (Å²) in [7, 11) is -3.17. The third-order valence-corrected chi connectivity index (χ3v) is 4.51. The van der Waals surface area contributed by atoms with E-state index < -0.39 is 25.6 Å². The zero-order chi connectivity index (χ0) is 17.2. The lowest BCUT2D eigenvalue weighted by molar-refractivity contribution is -0.385. The number of nitrogens with zero attached hydrogens (tertiary/aromatic N) is 1. The minimum absolute atomic E-state index is 0.0227. The van der Waals surface area contributed by atoms with E-state index in [9.17, 15) is 18.5 Å². The van der Waals surface area contributed by atoms with Gasteiger partial charge in [0.15, 0.2) is 10.6 Å². The molecule has 122 valence electrons. The van der Waals surface area contributed by atoms with Gasteiger partial charge in [-0.05, 0) is 24.3 Å². The van der Waals surface area contributed by atoms with Crippen molar-refractivity contribution in [3.05, 3.63) is 56.6 Å². The number of hydrogen-bond acceptors (Lipinski definition) is 6. The Balaban J connectivity index is 2.50. The lowest BCUT2D eigenvalue weighted by Crippen LogP contribution is -2.12. The maximum atomic E-state index is 12.4. The van der Waals surface area contributed by atoms with E-state index in [-0.39, 0.29) is 16.5 Å². The van der Waals surface area contributed by atoms with Crippen LogP contribution in [0.3, 0.4) is 0 Å². The van der Waals surface area contributed by atoms with Crippen molar-refractivity contribution in [3.8, 4) is 11.5 Å². The van der Waals surface area contributed by atoms with Crippen LogP contribution in [0.25, 0.3) is 0 Å². The molecule has 0 unspecified atom stereocenters. The summed E-state index contributed by atoms with van der Waals surface area (Å²) in [6, 6.07) is 7.09. The third kappa shape index (κ3) is 3.84. The van der Waals surface area contributed by atoms with Gasteiger partial charge in [-0.2, -0.15) is 8.42 Å². The van der Waals surface area contributed by atoms with Gasteiger partial charge in [0.05, 0.1) is 17.1 Å². The SMILES string of the molecule is COc1ccc([N+](=O)[O-])cc1S(=O)(=O)Oc1ccc(Cl)cc1Cl. The molecule has 0 aliphatic rings. The summed E-state index contributed by atoms with van der Waals surface area (Å²) in [6.07, 6.45) is 0. The van der Waals surface area contributed by atoms with Gasteiger partial charge >= 0.3 is 10.1 Å². The first kappa shape index (κ1) is 17.3. The molecular formula is C13H9Cl2NO6S. The molecule has 0 fully saturated rings. The number of non-ortho nitro benzene ring substituents is 1. The summed E-state index contributed by atoms with van der Waals surface area (Å²) in [6.45, 7) is 0. The van der Waals surface area contributed by atoms with Crippen LogP contribution in [-0.2, 0) is 10.1 Å². The molecule has 0 bridgehead atoms. The van der Waals surface area contributed by atoms with Gasteiger partial charge in [0.2, 0.25) is 0 Å². The highest BCUT2D eigenvalue weighted by atomic mass is 35.5. The van der Waals surface area contributed by atoms with Crippen LogP contribution in [0, 0.1) is 10.1 Å². The Morgan fingerprint density at radius 1 is 1.09 bits per heavy atom. The number of nitro groups is 1. The molecule has 0 spiro atoms. The highest BCUT2D eigenvalue weighted by Gasteiger charge is 2.26. The monoisotopic (exact) mass is 377 g/mol. The average Bonchev–Trinajstić information content (AvgIpc) is 2.49. The largest absolute Gasteiger partial charge is 0.495 e. The van der Waals surface area contributed by atoms with Crippen LogP contribution in [0.15, 0.2) is 41.3 Å². The Morgan fingerprint density at radius 3 is 2.30 bits per heavy atom. The van der Waals surface area contributed by atoms with Gasteiger partial charge in [0.25, 0.3) is 5.69 Å². The van der Waals surface area contributed by atoms with Gasteiger partial charge in [-0.3, -0.25) is 10.1 Å². The van der Waals surface area contributed by atoms with Crippen molar-refractivity contribution in [2.75, 3.05) is 7.11 Å². The normalized spacial score (nSPS) is 11.1. The van der Waals surface area contributed by atoms with Crippen LogP contribution in [0.2, 0.25) is 10.0 Å². The van der Waals surface area contributed by atoms with E-state index in [0.717, 1.165) is 18.2 Å². The molecule has 0 aliphatic carbocycles. The Kier molecular flexibility index (Phi) is 4.98. The lowest BCUT2D eigenvalue weighted by Gasteiger charge is -2.11. The third-order valence-electron chi connectivity index (χ3n) is 2.72. The fourth-order valence-electron chi connectivity index (χ4n) is 1.68. The number of hydrogen-bond donors (Lipinski definition) is 0. The molecular weight excluding hydrogens is 369 g/mol. The molecule has 23 heavy (non-hydrogen) atoms. The number of ether oxygens (including phenoxy) is 1. The second-order valence-electron chi connectivity index (χ2n) is 4.20. The smallest absolute Gasteiger partial charge is 0.343 e. The van der Waals surface area contributed by atoms with Crippen molar-refractivity contribution in [1.29, 1.82) is 0 Å². The van der Waals surface area contributed by atoms with E-state index in [4.69, 9.17) is 32.1 Å². The Morgan fingerprint density at radius 2 is 1.74 bits per heavy atom. The first-order chi connectivity index (χ1) is 10.7. The van der Waals surface area contributed by atoms with Crippen molar-refractivity contribution in [2.24, 2.45) is 0 Å². The fraction of sp³-hybridized carbons (Fsp3) is 0.0769. The van der Waals surface area contributed by atoms with E-state index in [2.05, 4.69) is 0 Å². The van der Waals surface area contributed by atoms with Crippen molar-refractivity contribution in [1.82, 2.24) is 0 Å². The quantitative estimate of drug-likeness (QED) is 0.447. The molecule has 0 aliphatic heterocycles. The van der Waals surface area contributed by atoms with Crippen molar-refractivity contribution < 1.29 is 22.3 Å². The zero-order valence-corrected chi connectivity index (χ0v) is 13.9. The molecule has 0 amide bonds. The summed E-state index contributed by atoms with van der Waals surface area (Å²) in [5.74, 6) is -0.259. The van der Waals surface area contributed by atoms with Crippen LogP contribution in [-0.4, -0.2) is 20.5 Å². The predicted molar refractivity (Wildman–Crippen MR) is 83.9 cm³/mol. The van der Waals surface area contributed by atoms with Crippen LogP contribution < -0.4 is 8.92 Å². The molecule has 0 N–H and O–H groups in total. The van der Waals surface area contributed by atoms with Gasteiger partial charge < -0.3 is 8.92 Å². The second kappa shape index (κ2) is 6.61. The Labute approximate surface area is 141 Å². The highest BCUT2D eigenvalue weighted by molar-refractivity contribution is 7.87. The van der Waals surface area contributed by atoms with Crippen molar-refractivity contribution in [3.63, 3.8) is 0 Å². The predicted octanol–water partition coefficient (Wildman–Crippen LogP) is 3.68. The molecule has 0 atom stereocenters. The molecule has 0 heterocycles. The minimum Gasteiger partial charge on any atom is -0.495 e. The summed E-state index contributed by atoms with van der Waals surface area (Å²) < 4.78 is 34.6. The second-order valence-corrected chi connectivity index (χ2v) is 6.56. The number of halogens is 2. The van der Waals surface area contributed by atoms with Crippen LogP contribution >= 0.6 is 23.2 Å². The average molecular weight is 378 g/mol. The molecule has 7 nitrogen and oxygen atoms in total. The molecule has 0 aromatic heterocycles. The molecule has 0 saturated carbocycles. The number of methoxy groups -OCH3 is 1. The minimum atomic E-state index is -4.40. The molecule has 2 rings (SSSR count). The van der Waals surface area contributed by atoms with Gasteiger partial charge in [0.1, 0.15) is 5.75 Å². The van der Waals surface area contributed by atoms with Crippen molar-refractivity contribution in [2.45, 2.75) is 4.90 Å². The molecule has 0 saturated heterocycles. The number of rotatable bonds is 5. The summed E-state index contributed by atoms with van der Waals surface area (Å²) in [4.78, 5) is 9.61. The summed E-state index contributed by atoms with van der Waals surface area (Å²) >= 11 is 11.6. The summed E-state index contributed by atoms with van der Waals surface area (Å²) in [5, 5.41) is 11.1. The summed E-state index contributed by atoms with van der Waals surface area (Å²) in [5.41, 5.74) is -0.421. The lowest BCUT2D eigenvalue weighted by atomic mass is 10.3. The van der Waals surface area contributed by atoms with Gasteiger partial charge in [0, 0.05) is 17.2 Å². The topological polar surface area (TPSA) is 95.7 Å². The van der Waals surface area contributed by atoms with E-state index in [0.29, 0.717) is 5.02 Å². The first-order valence-electron chi connectivity index (χ1n) is 5.96. The van der Waals surface area contributed by atoms with E-state index in [1.807, 2.05) is 0 Å². The van der Waals surface area contributed by atoms with E-state index in [1.165, 1.54) is 25.3 Å². The van der Waals surface area contributed by atoms with E-state index >= 15 is 0 Å². The molecule has 2 aromatic carbocycles.